The fourth-order valence-corrected chi connectivity index (χ4v) is 4.16. The van der Waals surface area contributed by atoms with Crippen molar-refractivity contribution in [1.82, 2.24) is 9.97 Å². The van der Waals surface area contributed by atoms with E-state index < -0.39 is 30.4 Å². The maximum Gasteiger partial charge on any atom is 0.306 e. The minimum Gasteiger partial charge on any atom is -0.457 e. The van der Waals surface area contributed by atoms with Crippen LogP contribution < -0.4 is 0 Å². The van der Waals surface area contributed by atoms with Gasteiger partial charge in [-0.3, -0.25) is 4.79 Å². The van der Waals surface area contributed by atoms with E-state index in [0.29, 0.717) is 18.1 Å². The van der Waals surface area contributed by atoms with Crippen LogP contribution in [0.2, 0.25) is 0 Å². The number of oxazole rings is 2. The lowest BCUT2D eigenvalue weighted by Gasteiger charge is -2.26. The first-order chi connectivity index (χ1) is 17.4. The lowest BCUT2D eigenvalue weighted by molar-refractivity contribution is -0.165. The molecule has 0 spiro atoms. The molecule has 0 saturated carbocycles. The average molecular weight is 509 g/mol. The normalized spacial score (nSPS) is 14.9. The Kier molecular flexibility index (Phi) is 14.4. The van der Waals surface area contributed by atoms with Crippen molar-refractivity contribution < 1.29 is 33.7 Å². The summed E-state index contributed by atoms with van der Waals surface area (Å²) in [6.45, 7) is 3.67. The number of esters is 1. The van der Waals surface area contributed by atoms with Gasteiger partial charge in [-0.25, -0.2) is 9.97 Å². The summed E-state index contributed by atoms with van der Waals surface area (Å²) in [7, 11) is 0. The highest BCUT2D eigenvalue weighted by molar-refractivity contribution is 5.69. The van der Waals surface area contributed by atoms with Gasteiger partial charge in [0.15, 0.2) is 12.5 Å². The standard InChI is InChI=1S/C27H44N2O7/c1-3-4-5-6-7-8-9-10-11-12-13-14-26(33)36-27(20(2)30)24(32)16-23(31)22-18-34-25(29-22)15-21-17-28-19-35-21/h17-20,23-24,27,30-32H,3-16H2,1-2H3. The SMILES string of the molecule is CCCCCCCCCCCCCC(=O)OC(C(C)O)C(O)CC(O)c1coc(Cc2cnco2)n1. The zero-order chi connectivity index (χ0) is 26.2. The van der Waals surface area contributed by atoms with Crippen LogP contribution in [-0.2, 0) is 16.0 Å². The van der Waals surface area contributed by atoms with Crippen molar-refractivity contribution in [3.8, 4) is 0 Å². The summed E-state index contributed by atoms with van der Waals surface area (Å²) in [4.78, 5) is 20.3. The van der Waals surface area contributed by atoms with E-state index in [4.69, 9.17) is 13.6 Å². The molecule has 2 heterocycles. The Morgan fingerprint density at radius 2 is 1.61 bits per heavy atom. The van der Waals surface area contributed by atoms with E-state index in [2.05, 4.69) is 16.9 Å². The summed E-state index contributed by atoms with van der Waals surface area (Å²) >= 11 is 0. The Morgan fingerprint density at radius 3 is 2.19 bits per heavy atom. The number of aromatic nitrogens is 2. The van der Waals surface area contributed by atoms with Gasteiger partial charge in [0, 0.05) is 12.8 Å². The molecule has 0 fully saturated rings. The van der Waals surface area contributed by atoms with Crippen molar-refractivity contribution in [2.75, 3.05) is 0 Å². The molecule has 204 valence electrons. The quantitative estimate of drug-likeness (QED) is 0.166. The number of ether oxygens (including phenoxy) is 1. The summed E-state index contributed by atoms with van der Waals surface area (Å²) in [6, 6.07) is 0. The molecule has 0 aliphatic rings. The number of unbranched alkanes of at least 4 members (excludes halogenated alkanes) is 10. The lowest BCUT2D eigenvalue weighted by atomic mass is 10.0. The first kappa shape index (κ1) is 30.0. The second-order valence-electron chi connectivity index (χ2n) is 9.61. The topological polar surface area (TPSA) is 139 Å². The van der Waals surface area contributed by atoms with Gasteiger partial charge in [0.25, 0.3) is 0 Å². The molecule has 2 aromatic rings. The molecule has 0 saturated heterocycles. The molecule has 0 aliphatic carbocycles. The average Bonchev–Trinajstić information content (AvgIpc) is 3.53. The molecule has 2 aromatic heterocycles. The van der Waals surface area contributed by atoms with E-state index in [-0.39, 0.29) is 25.0 Å². The molecule has 0 radical (unpaired) electrons. The molecule has 9 nitrogen and oxygen atoms in total. The summed E-state index contributed by atoms with van der Waals surface area (Å²) in [6.07, 6.45) is 12.9. The van der Waals surface area contributed by atoms with Gasteiger partial charge < -0.3 is 28.9 Å². The number of rotatable bonds is 20. The van der Waals surface area contributed by atoms with Crippen LogP contribution in [0.15, 0.2) is 27.7 Å². The number of nitrogens with zero attached hydrogens (tertiary/aromatic N) is 2. The zero-order valence-electron chi connectivity index (χ0n) is 21.8. The Labute approximate surface area is 214 Å². The van der Waals surface area contributed by atoms with Crippen LogP contribution in [0.4, 0.5) is 0 Å². The van der Waals surface area contributed by atoms with E-state index in [1.165, 1.54) is 70.9 Å². The van der Waals surface area contributed by atoms with Gasteiger partial charge in [-0.2, -0.15) is 0 Å². The number of carbonyl (C=O) groups is 1. The molecular formula is C27H44N2O7. The first-order valence-electron chi connectivity index (χ1n) is 13.5. The van der Waals surface area contributed by atoms with Crippen LogP contribution in [-0.4, -0.2) is 49.6 Å². The summed E-state index contributed by atoms with van der Waals surface area (Å²) in [5, 5.41) is 31.1. The third kappa shape index (κ3) is 11.7. The monoisotopic (exact) mass is 508 g/mol. The van der Waals surface area contributed by atoms with Crippen LogP contribution in [0.25, 0.3) is 0 Å². The Balaban J connectivity index is 1.65. The largest absolute Gasteiger partial charge is 0.457 e. The molecule has 36 heavy (non-hydrogen) atoms. The summed E-state index contributed by atoms with van der Waals surface area (Å²) in [5.74, 6) is 0.443. The van der Waals surface area contributed by atoms with Crippen LogP contribution in [0.3, 0.4) is 0 Å². The number of hydrogen-bond donors (Lipinski definition) is 3. The molecule has 0 amide bonds. The number of aliphatic hydroxyl groups excluding tert-OH is 3. The van der Waals surface area contributed by atoms with Crippen molar-refractivity contribution in [2.45, 2.75) is 128 Å². The molecule has 0 aliphatic heterocycles. The highest BCUT2D eigenvalue weighted by atomic mass is 16.6. The van der Waals surface area contributed by atoms with Gasteiger partial charge in [0.05, 0.1) is 24.8 Å². The van der Waals surface area contributed by atoms with Crippen molar-refractivity contribution >= 4 is 5.97 Å². The Morgan fingerprint density at radius 1 is 0.972 bits per heavy atom. The van der Waals surface area contributed by atoms with Gasteiger partial charge in [0.2, 0.25) is 5.89 Å². The smallest absolute Gasteiger partial charge is 0.306 e. The second-order valence-corrected chi connectivity index (χ2v) is 9.61. The number of hydrogen-bond acceptors (Lipinski definition) is 9. The molecule has 4 atom stereocenters. The third-order valence-corrected chi connectivity index (χ3v) is 6.29. The molecule has 3 N–H and O–H groups in total. The van der Waals surface area contributed by atoms with Crippen molar-refractivity contribution in [3.63, 3.8) is 0 Å². The van der Waals surface area contributed by atoms with Gasteiger partial charge in [-0.1, -0.05) is 71.1 Å². The molecule has 4 unspecified atom stereocenters. The van der Waals surface area contributed by atoms with Gasteiger partial charge in [-0.05, 0) is 13.3 Å². The maximum atomic E-state index is 12.3. The van der Waals surface area contributed by atoms with Crippen LogP contribution in [0.5, 0.6) is 0 Å². The van der Waals surface area contributed by atoms with E-state index in [1.54, 1.807) is 6.20 Å². The molecular weight excluding hydrogens is 464 g/mol. The summed E-state index contributed by atoms with van der Waals surface area (Å²) in [5.41, 5.74) is 0.236. The van der Waals surface area contributed by atoms with Gasteiger partial charge in [0.1, 0.15) is 23.8 Å². The van der Waals surface area contributed by atoms with E-state index >= 15 is 0 Å². The van der Waals surface area contributed by atoms with Gasteiger partial charge >= 0.3 is 5.97 Å². The first-order valence-corrected chi connectivity index (χ1v) is 13.5. The zero-order valence-corrected chi connectivity index (χ0v) is 21.8. The Bertz CT molecular complexity index is 822. The molecule has 9 heteroatoms. The number of carbonyl (C=O) groups excluding carboxylic acids is 1. The van der Waals surface area contributed by atoms with Gasteiger partial charge in [-0.15, -0.1) is 0 Å². The van der Waals surface area contributed by atoms with Crippen molar-refractivity contribution in [1.29, 1.82) is 0 Å². The highest BCUT2D eigenvalue weighted by Gasteiger charge is 2.31. The predicted octanol–water partition coefficient (Wildman–Crippen LogP) is 5.03. The second kappa shape index (κ2) is 17.3. The Hall–Kier alpha value is -2.23. The van der Waals surface area contributed by atoms with Crippen molar-refractivity contribution in [2.24, 2.45) is 0 Å². The molecule has 2 rings (SSSR count). The van der Waals surface area contributed by atoms with E-state index in [9.17, 15) is 20.1 Å². The van der Waals surface area contributed by atoms with Crippen LogP contribution in [0, 0.1) is 0 Å². The lowest BCUT2D eigenvalue weighted by Crippen LogP contribution is -2.40. The molecule has 0 aromatic carbocycles. The fourth-order valence-electron chi connectivity index (χ4n) is 4.16. The van der Waals surface area contributed by atoms with E-state index in [1.807, 2.05) is 0 Å². The highest BCUT2D eigenvalue weighted by Crippen LogP contribution is 2.23. The minimum atomic E-state index is -1.27. The third-order valence-electron chi connectivity index (χ3n) is 6.29. The molecule has 0 bridgehead atoms. The predicted molar refractivity (Wildman–Crippen MR) is 134 cm³/mol. The fraction of sp³-hybridized carbons (Fsp3) is 0.741. The minimum absolute atomic E-state index is 0.171. The van der Waals surface area contributed by atoms with Crippen molar-refractivity contribution in [3.05, 3.63) is 36.2 Å². The summed E-state index contributed by atoms with van der Waals surface area (Å²) < 4.78 is 15.9. The maximum absolute atomic E-state index is 12.3. The van der Waals surface area contributed by atoms with E-state index in [0.717, 1.165) is 12.8 Å². The van der Waals surface area contributed by atoms with Crippen LogP contribution >= 0.6 is 0 Å². The van der Waals surface area contributed by atoms with Crippen LogP contribution in [0.1, 0.15) is 121 Å². The number of aliphatic hydroxyl groups is 3.